The van der Waals surface area contributed by atoms with E-state index >= 15 is 0 Å². The zero-order chi connectivity index (χ0) is 24.7. The molecule has 3 aromatic heterocycles. The molecular weight excluding hydrogens is 471 g/mol. The largest absolute Gasteiger partial charge is 0.467 e. The summed E-state index contributed by atoms with van der Waals surface area (Å²) in [5.41, 5.74) is -0.0354. The maximum Gasteiger partial charge on any atom is 0.418 e. The van der Waals surface area contributed by atoms with Crippen molar-refractivity contribution in [3.63, 3.8) is 0 Å². The predicted octanol–water partition coefficient (Wildman–Crippen LogP) is 4.57. The third-order valence-corrected chi connectivity index (χ3v) is 6.06. The van der Waals surface area contributed by atoms with Gasteiger partial charge in [-0.25, -0.2) is 13.4 Å². The molecule has 0 saturated heterocycles. The van der Waals surface area contributed by atoms with E-state index in [-0.39, 0.29) is 27.9 Å². The fraction of sp³-hybridized carbons (Fsp3) is 0.182. The van der Waals surface area contributed by atoms with E-state index in [4.69, 9.17) is 4.74 Å². The maximum absolute atomic E-state index is 13.5. The first kappa shape index (κ1) is 23.4. The van der Waals surface area contributed by atoms with Crippen LogP contribution in [-0.2, 0) is 16.0 Å². The number of anilines is 2. The molecule has 0 unspecified atom stereocenters. The number of rotatable bonds is 5. The zero-order valence-electron chi connectivity index (χ0n) is 18.2. The van der Waals surface area contributed by atoms with Crippen LogP contribution >= 0.6 is 0 Å². The Morgan fingerprint density at radius 3 is 2.35 bits per heavy atom. The van der Waals surface area contributed by atoms with Crippen LogP contribution in [0.3, 0.4) is 0 Å². The Labute approximate surface area is 192 Å². The van der Waals surface area contributed by atoms with E-state index in [0.29, 0.717) is 22.5 Å². The first-order valence-corrected chi connectivity index (χ1v) is 11.7. The van der Waals surface area contributed by atoms with E-state index in [9.17, 15) is 21.6 Å². The number of nitrogens with one attached hydrogen (secondary N) is 1. The van der Waals surface area contributed by atoms with Crippen molar-refractivity contribution in [1.29, 1.82) is 0 Å². The average Bonchev–Trinajstić information content (AvgIpc) is 2.77. The van der Waals surface area contributed by atoms with Crippen LogP contribution in [0.5, 0.6) is 6.01 Å². The molecule has 0 amide bonds. The maximum atomic E-state index is 13.5. The van der Waals surface area contributed by atoms with E-state index in [0.717, 1.165) is 12.3 Å². The van der Waals surface area contributed by atoms with Crippen molar-refractivity contribution in [2.45, 2.75) is 18.0 Å². The second-order valence-electron chi connectivity index (χ2n) is 7.40. The van der Waals surface area contributed by atoms with E-state index in [1.807, 2.05) is 0 Å². The summed E-state index contributed by atoms with van der Waals surface area (Å²) in [5.74, 6) is 0.294. The fourth-order valence-corrected chi connectivity index (χ4v) is 3.99. The van der Waals surface area contributed by atoms with Crippen molar-refractivity contribution in [3.05, 3.63) is 59.8 Å². The van der Waals surface area contributed by atoms with Gasteiger partial charge >= 0.3 is 12.2 Å². The SMILES string of the molecule is COc1nc(Nc2ccc(S(C)(=O)=O)cc2)c2c(C)cc(-c3ncccc3C(F)(F)F)nc2n1. The first-order valence-electron chi connectivity index (χ1n) is 9.80. The van der Waals surface area contributed by atoms with Gasteiger partial charge in [0.25, 0.3) is 0 Å². The second-order valence-corrected chi connectivity index (χ2v) is 9.42. The van der Waals surface area contributed by atoms with Crippen LogP contribution in [0.1, 0.15) is 11.1 Å². The van der Waals surface area contributed by atoms with Crippen LogP contribution in [-0.4, -0.2) is 41.7 Å². The number of halogens is 3. The number of sulfone groups is 1. The van der Waals surface area contributed by atoms with Crippen molar-refractivity contribution in [2.75, 3.05) is 18.7 Å². The summed E-state index contributed by atoms with van der Waals surface area (Å²) in [6, 6.07) is 9.61. The Morgan fingerprint density at radius 2 is 1.74 bits per heavy atom. The predicted molar refractivity (Wildman–Crippen MR) is 120 cm³/mol. The molecule has 0 spiro atoms. The number of fused-ring (bicyclic) bond motifs is 1. The number of alkyl halides is 3. The summed E-state index contributed by atoms with van der Waals surface area (Å²) < 4.78 is 69.1. The molecule has 0 aliphatic heterocycles. The van der Waals surface area contributed by atoms with Gasteiger partial charge in [0.1, 0.15) is 11.5 Å². The summed E-state index contributed by atoms with van der Waals surface area (Å²) in [5, 5.41) is 3.53. The highest BCUT2D eigenvalue weighted by Gasteiger charge is 2.35. The Bertz CT molecular complexity index is 1490. The highest BCUT2D eigenvalue weighted by atomic mass is 32.2. The molecule has 0 atom stereocenters. The quantitative estimate of drug-likeness (QED) is 0.435. The van der Waals surface area contributed by atoms with Crippen LogP contribution in [0.15, 0.2) is 53.6 Å². The number of hydrogen-bond acceptors (Lipinski definition) is 8. The van der Waals surface area contributed by atoms with Crippen molar-refractivity contribution in [2.24, 2.45) is 0 Å². The Balaban J connectivity index is 1.85. The summed E-state index contributed by atoms with van der Waals surface area (Å²) in [6.45, 7) is 1.69. The lowest BCUT2D eigenvalue weighted by molar-refractivity contribution is -0.137. The van der Waals surface area contributed by atoms with Gasteiger partial charge < -0.3 is 10.1 Å². The average molecular weight is 489 g/mol. The molecule has 0 saturated carbocycles. The van der Waals surface area contributed by atoms with Crippen LogP contribution in [0, 0.1) is 6.92 Å². The van der Waals surface area contributed by atoms with Gasteiger partial charge in [-0.15, -0.1) is 0 Å². The standard InChI is InChI=1S/C22H18F3N5O3S/c1-12-11-16(18-15(22(23,24)25)5-4-10-26-18)28-20-17(12)19(29-21(30-20)33-2)27-13-6-8-14(9-7-13)34(3,31)32/h4-11H,1-3H3,(H,27,28,29,30). The van der Waals surface area contributed by atoms with E-state index in [2.05, 4.69) is 25.3 Å². The number of methoxy groups -OCH3 is 1. The monoisotopic (exact) mass is 489 g/mol. The van der Waals surface area contributed by atoms with Gasteiger partial charge in [-0.2, -0.15) is 23.1 Å². The Kier molecular flexibility index (Phi) is 5.86. The number of ether oxygens (including phenoxy) is 1. The third kappa shape index (κ3) is 4.62. The molecule has 176 valence electrons. The molecule has 3 heterocycles. The van der Waals surface area contributed by atoms with Crippen LogP contribution in [0.25, 0.3) is 22.4 Å². The number of nitrogens with zero attached hydrogens (tertiary/aromatic N) is 4. The molecule has 4 rings (SSSR count). The summed E-state index contributed by atoms with van der Waals surface area (Å²) in [4.78, 5) is 16.9. The second kappa shape index (κ2) is 8.52. The van der Waals surface area contributed by atoms with Crippen LogP contribution < -0.4 is 10.1 Å². The van der Waals surface area contributed by atoms with Crippen molar-refractivity contribution >= 4 is 32.4 Å². The number of aryl methyl sites for hydroxylation is 1. The van der Waals surface area contributed by atoms with Crippen molar-refractivity contribution < 1.29 is 26.3 Å². The van der Waals surface area contributed by atoms with Gasteiger partial charge in [0.05, 0.1) is 28.6 Å². The lowest BCUT2D eigenvalue weighted by atomic mass is 10.1. The summed E-state index contributed by atoms with van der Waals surface area (Å²) in [6.07, 6.45) is -2.24. The Hall–Kier alpha value is -3.80. The van der Waals surface area contributed by atoms with Gasteiger partial charge in [0.15, 0.2) is 15.5 Å². The summed E-state index contributed by atoms with van der Waals surface area (Å²) in [7, 11) is -2.01. The van der Waals surface area contributed by atoms with Gasteiger partial charge in [-0.3, -0.25) is 4.98 Å². The highest BCUT2D eigenvalue weighted by Crippen LogP contribution is 2.37. The minimum absolute atomic E-state index is 0.00198. The lowest BCUT2D eigenvalue weighted by Crippen LogP contribution is -2.09. The molecule has 34 heavy (non-hydrogen) atoms. The van der Waals surface area contributed by atoms with Crippen LogP contribution in [0.4, 0.5) is 24.7 Å². The van der Waals surface area contributed by atoms with Gasteiger partial charge in [0, 0.05) is 18.1 Å². The molecule has 0 aliphatic carbocycles. The van der Waals surface area contributed by atoms with Crippen molar-refractivity contribution in [3.8, 4) is 17.4 Å². The smallest absolute Gasteiger partial charge is 0.418 e. The molecule has 1 aromatic carbocycles. The normalized spacial score (nSPS) is 12.1. The molecule has 0 bridgehead atoms. The number of pyridine rings is 2. The van der Waals surface area contributed by atoms with Gasteiger partial charge in [-0.05, 0) is 55.0 Å². The minimum Gasteiger partial charge on any atom is -0.467 e. The Morgan fingerprint density at radius 1 is 1.03 bits per heavy atom. The minimum atomic E-state index is -4.61. The first-order chi connectivity index (χ1) is 16.0. The zero-order valence-corrected chi connectivity index (χ0v) is 19.0. The van der Waals surface area contributed by atoms with Crippen LogP contribution in [0.2, 0.25) is 0 Å². The molecule has 0 aliphatic rings. The molecule has 1 N–H and O–H groups in total. The van der Waals surface area contributed by atoms with E-state index < -0.39 is 21.6 Å². The number of aromatic nitrogens is 4. The van der Waals surface area contributed by atoms with Crippen molar-refractivity contribution in [1.82, 2.24) is 19.9 Å². The number of benzene rings is 1. The molecule has 0 radical (unpaired) electrons. The highest BCUT2D eigenvalue weighted by molar-refractivity contribution is 7.90. The molecule has 4 aromatic rings. The molecular formula is C22H18F3N5O3S. The lowest BCUT2D eigenvalue weighted by Gasteiger charge is -2.15. The topological polar surface area (TPSA) is 107 Å². The van der Waals surface area contributed by atoms with Gasteiger partial charge in [0.2, 0.25) is 0 Å². The van der Waals surface area contributed by atoms with Gasteiger partial charge in [-0.1, -0.05) is 0 Å². The third-order valence-electron chi connectivity index (χ3n) is 4.93. The molecule has 8 nitrogen and oxygen atoms in total. The molecule has 0 fully saturated rings. The molecule has 12 heteroatoms. The van der Waals surface area contributed by atoms with E-state index in [1.165, 1.54) is 37.6 Å². The van der Waals surface area contributed by atoms with E-state index in [1.54, 1.807) is 19.1 Å². The number of hydrogen-bond donors (Lipinski definition) is 1. The fourth-order valence-electron chi connectivity index (χ4n) is 3.36. The summed E-state index contributed by atoms with van der Waals surface area (Å²) >= 11 is 0.